The molecule has 0 fully saturated rings. The second kappa shape index (κ2) is 5.53. The third-order valence-corrected chi connectivity index (χ3v) is 2.69. The van der Waals surface area contributed by atoms with Gasteiger partial charge < -0.3 is 5.32 Å². The standard InChI is InChI=1S/C12H11ClN3O3/c1-19-15-7-6-12(16(17)18)11(8-15)14-10-4-2-9(13)3-5-10/h2-8,14H,1H3/q+1. The number of anilines is 2. The Balaban J connectivity index is 2.36. The summed E-state index contributed by atoms with van der Waals surface area (Å²) in [5, 5.41) is 14.5. The Hall–Kier alpha value is -2.34. The van der Waals surface area contributed by atoms with Crippen molar-refractivity contribution < 1.29 is 14.5 Å². The number of hydrogen-bond acceptors (Lipinski definition) is 4. The number of hydrogen-bond donors (Lipinski definition) is 1. The molecule has 2 rings (SSSR count). The lowest BCUT2D eigenvalue weighted by atomic mass is 10.3. The molecule has 1 aromatic heterocycles. The van der Waals surface area contributed by atoms with Crippen molar-refractivity contribution in [2.75, 3.05) is 12.4 Å². The summed E-state index contributed by atoms with van der Waals surface area (Å²) >= 11 is 5.78. The van der Waals surface area contributed by atoms with E-state index in [0.29, 0.717) is 16.4 Å². The average Bonchev–Trinajstić information content (AvgIpc) is 2.41. The summed E-state index contributed by atoms with van der Waals surface area (Å²) in [7, 11) is 1.47. The monoisotopic (exact) mass is 280 g/mol. The zero-order valence-electron chi connectivity index (χ0n) is 10.0. The Labute approximate surface area is 114 Å². The van der Waals surface area contributed by atoms with Gasteiger partial charge in [0.25, 0.3) is 6.20 Å². The lowest BCUT2D eigenvalue weighted by Crippen LogP contribution is -2.39. The topological polar surface area (TPSA) is 68.3 Å². The molecule has 0 aliphatic carbocycles. The normalized spacial score (nSPS) is 10.0. The maximum Gasteiger partial charge on any atom is 0.305 e. The van der Waals surface area contributed by atoms with Crippen LogP contribution in [0.1, 0.15) is 0 Å². The first-order chi connectivity index (χ1) is 9.10. The number of nitrogens with one attached hydrogen (secondary N) is 1. The van der Waals surface area contributed by atoms with E-state index in [4.69, 9.17) is 16.4 Å². The van der Waals surface area contributed by atoms with Crippen molar-refractivity contribution in [3.63, 3.8) is 0 Å². The predicted octanol–water partition coefficient (Wildman–Crippen LogP) is 2.34. The van der Waals surface area contributed by atoms with Crippen LogP contribution in [-0.4, -0.2) is 12.0 Å². The minimum Gasteiger partial charge on any atom is -0.345 e. The van der Waals surface area contributed by atoms with Crippen molar-refractivity contribution in [3.05, 3.63) is 57.9 Å². The molecule has 1 aromatic carbocycles. The first kappa shape index (κ1) is 13.1. The van der Waals surface area contributed by atoms with Gasteiger partial charge in [0.15, 0.2) is 5.69 Å². The second-order valence-corrected chi connectivity index (χ2v) is 4.11. The van der Waals surface area contributed by atoms with Crippen LogP contribution in [0, 0.1) is 10.1 Å². The fourth-order valence-corrected chi connectivity index (χ4v) is 1.65. The van der Waals surface area contributed by atoms with E-state index < -0.39 is 4.92 Å². The molecule has 7 heteroatoms. The van der Waals surface area contributed by atoms with Crippen LogP contribution in [0.5, 0.6) is 0 Å². The molecule has 0 radical (unpaired) electrons. The number of halogens is 1. The van der Waals surface area contributed by atoms with Gasteiger partial charge in [0.1, 0.15) is 7.11 Å². The van der Waals surface area contributed by atoms with Crippen LogP contribution >= 0.6 is 11.6 Å². The number of pyridine rings is 1. The van der Waals surface area contributed by atoms with E-state index in [9.17, 15) is 10.1 Å². The molecule has 0 saturated heterocycles. The van der Waals surface area contributed by atoms with E-state index in [-0.39, 0.29) is 5.69 Å². The minimum atomic E-state index is -0.460. The molecule has 0 unspecified atom stereocenters. The summed E-state index contributed by atoms with van der Waals surface area (Å²) in [6, 6.07) is 8.22. The van der Waals surface area contributed by atoms with Crippen LogP contribution in [-0.2, 0) is 0 Å². The Morgan fingerprint density at radius 2 is 2.00 bits per heavy atom. The number of aromatic nitrogens is 1. The fourth-order valence-electron chi connectivity index (χ4n) is 1.53. The highest BCUT2D eigenvalue weighted by Crippen LogP contribution is 2.26. The van der Waals surface area contributed by atoms with Gasteiger partial charge in [0, 0.05) is 15.4 Å². The summed E-state index contributed by atoms with van der Waals surface area (Å²) in [4.78, 5) is 15.5. The molecule has 19 heavy (non-hydrogen) atoms. The highest BCUT2D eigenvalue weighted by molar-refractivity contribution is 6.30. The summed E-state index contributed by atoms with van der Waals surface area (Å²) in [6.45, 7) is 0. The van der Waals surface area contributed by atoms with E-state index >= 15 is 0 Å². The van der Waals surface area contributed by atoms with Gasteiger partial charge in [-0.3, -0.25) is 15.0 Å². The Morgan fingerprint density at radius 3 is 2.58 bits per heavy atom. The molecular weight excluding hydrogens is 270 g/mol. The van der Waals surface area contributed by atoms with E-state index in [2.05, 4.69) is 5.32 Å². The molecule has 98 valence electrons. The highest BCUT2D eigenvalue weighted by Gasteiger charge is 2.19. The Kier molecular flexibility index (Phi) is 3.82. The van der Waals surface area contributed by atoms with Crippen LogP contribution in [0.3, 0.4) is 0 Å². The quantitative estimate of drug-likeness (QED) is 0.530. The lowest BCUT2D eigenvalue weighted by Gasteiger charge is -2.05. The van der Waals surface area contributed by atoms with Gasteiger partial charge in [-0.1, -0.05) is 11.6 Å². The molecule has 0 saturated carbocycles. The van der Waals surface area contributed by atoms with Crippen LogP contribution in [0.2, 0.25) is 5.02 Å². The van der Waals surface area contributed by atoms with E-state index in [1.54, 1.807) is 24.3 Å². The molecule has 6 nitrogen and oxygen atoms in total. The first-order valence-electron chi connectivity index (χ1n) is 5.37. The third-order valence-electron chi connectivity index (χ3n) is 2.44. The van der Waals surface area contributed by atoms with Crippen LogP contribution in [0.4, 0.5) is 17.1 Å². The number of nitro groups is 1. The maximum atomic E-state index is 11.0. The van der Waals surface area contributed by atoms with Crippen LogP contribution in [0.15, 0.2) is 42.7 Å². The lowest BCUT2D eigenvalue weighted by molar-refractivity contribution is -0.885. The minimum absolute atomic E-state index is 0.0387. The molecular formula is C12H11ClN3O3+. The fraction of sp³-hybridized carbons (Fsp3) is 0.0833. The van der Waals surface area contributed by atoms with E-state index in [0.717, 1.165) is 0 Å². The molecule has 2 aromatic rings. The van der Waals surface area contributed by atoms with Crippen molar-refractivity contribution in [3.8, 4) is 0 Å². The Morgan fingerprint density at radius 1 is 1.32 bits per heavy atom. The van der Waals surface area contributed by atoms with E-state index in [1.807, 2.05) is 0 Å². The molecule has 0 atom stereocenters. The zero-order chi connectivity index (χ0) is 13.8. The van der Waals surface area contributed by atoms with Crippen molar-refractivity contribution in [1.82, 2.24) is 0 Å². The predicted molar refractivity (Wildman–Crippen MR) is 70.5 cm³/mol. The Bertz CT molecular complexity index is 602. The van der Waals surface area contributed by atoms with Gasteiger partial charge in [-0.2, -0.15) is 0 Å². The largest absolute Gasteiger partial charge is 0.345 e. The van der Waals surface area contributed by atoms with Gasteiger partial charge in [0.2, 0.25) is 6.20 Å². The van der Waals surface area contributed by atoms with Gasteiger partial charge in [0.05, 0.1) is 11.0 Å². The number of benzene rings is 1. The van der Waals surface area contributed by atoms with Gasteiger partial charge in [-0.05, 0) is 24.3 Å². The number of nitrogens with zero attached hydrogens (tertiary/aromatic N) is 2. The summed E-state index contributed by atoms with van der Waals surface area (Å²) < 4.78 is 1.37. The average molecular weight is 281 g/mol. The molecule has 0 aliphatic rings. The zero-order valence-corrected chi connectivity index (χ0v) is 10.8. The second-order valence-electron chi connectivity index (χ2n) is 3.68. The molecule has 0 amide bonds. The van der Waals surface area contributed by atoms with Crippen molar-refractivity contribution >= 4 is 28.7 Å². The molecule has 1 heterocycles. The number of rotatable bonds is 4. The van der Waals surface area contributed by atoms with Crippen molar-refractivity contribution in [1.29, 1.82) is 0 Å². The summed E-state index contributed by atoms with van der Waals surface area (Å²) in [5.74, 6) is 0. The van der Waals surface area contributed by atoms with Crippen LogP contribution in [0.25, 0.3) is 0 Å². The van der Waals surface area contributed by atoms with E-state index in [1.165, 1.54) is 30.3 Å². The highest BCUT2D eigenvalue weighted by atomic mass is 35.5. The van der Waals surface area contributed by atoms with Gasteiger partial charge in [-0.25, -0.2) is 0 Å². The summed E-state index contributed by atoms with van der Waals surface area (Å²) in [6.07, 6.45) is 2.96. The molecule has 0 aliphatic heterocycles. The van der Waals surface area contributed by atoms with Crippen molar-refractivity contribution in [2.24, 2.45) is 0 Å². The smallest absolute Gasteiger partial charge is 0.305 e. The molecule has 0 bridgehead atoms. The summed E-state index contributed by atoms with van der Waals surface area (Å²) in [5.41, 5.74) is 0.987. The van der Waals surface area contributed by atoms with Gasteiger partial charge >= 0.3 is 5.69 Å². The molecule has 0 spiro atoms. The molecule has 1 N–H and O–H groups in total. The van der Waals surface area contributed by atoms with Crippen LogP contribution < -0.4 is 14.9 Å². The maximum absolute atomic E-state index is 11.0. The first-order valence-corrected chi connectivity index (χ1v) is 5.74. The van der Waals surface area contributed by atoms with Crippen molar-refractivity contribution in [2.45, 2.75) is 0 Å². The third kappa shape index (κ3) is 3.11. The van der Waals surface area contributed by atoms with Gasteiger partial charge in [-0.15, -0.1) is 0 Å². The SMILES string of the molecule is CO[n+]1ccc([N+](=O)[O-])c(Nc2ccc(Cl)cc2)c1.